The van der Waals surface area contributed by atoms with Crippen LogP contribution < -0.4 is 10.6 Å². The monoisotopic (exact) mass is 482 g/mol. The van der Waals surface area contributed by atoms with Crippen molar-refractivity contribution in [2.75, 3.05) is 5.32 Å². The summed E-state index contributed by atoms with van der Waals surface area (Å²) in [5.74, 6) is -1.58. The first-order chi connectivity index (χ1) is 15.9. The van der Waals surface area contributed by atoms with Crippen LogP contribution in [0, 0.1) is 5.92 Å². The van der Waals surface area contributed by atoms with Gasteiger partial charge in [-0.25, -0.2) is 0 Å². The molecule has 0 aromatic heterocycles. The number of phenols is 1. The Kier molecular flexibility index (Phi) is 6.91. The number of benzene rings is 3. The molecule has 3 atom stereocenters. The Labute approximate surface area is 202 Å². The topological polar surface area (TPSA) is 78.4 Å². The molecular weight excluding hydrogens is 459 g/mol. The van der Waals surface area contributed by atoms with Gasteiger partial charge in [0.2, 0.25) is 11.8 Å². The number of hydrogen-bond acceptors (Lipinski definition) is 3. The van der Waals surface area contributed by atoms with Crippen LogP contribution in [0.1, 0.15) is 42.0 Å². The highest BCUT2D eigenvalue weighted by Crippen LogP contribution is 2.44. The average Bonchev–Trinajstić information content (AvgIpc) is 2.78. The predicted molar refractivity (Wildman–Crippen MR) is 131 cm³/mol. The Balaban J connectivity index is 1.80. The van der Waals surface area contributed by atoms with Crippen LogP contribution >= 0.6 is 23.2 Å². The minimum Gasteiger partial charge on any atom is -0.508 e. The number of nitrogens with one attached hydrogen (secondary N) is 2. The van der Waals surface area contributed by atoms with Crippen LogP contribution in [0.4, 0.5) is 5.69 Å². The molecule has 5 nitrogen and oxygen atoms in total. The van der Waals surface area contributed by atoms with Gasteiger partial charge in [-0.15, -0.1) is 0 Å². The minimum absolute atomic E-state index is 0.0322. The van der Waals surface area contributed by atoms with E-state index in [1.807, 2.05) is 25.1 Å². The molecule has 0 saturated carbocycles. The molecule has 170 valence electrons. The third-order valence-corrected chi connectivity index (χ3v) is 6.49. The first-order valence-electron chi connectivity index (χ1n) is 10.8. The van der Waals surface area contributed by atoms with Gasteiger partial charge >= 0.3 is 0 Å². The van der Waals surface area contributed by atoms with Crippen LogP contribution in [0.3, 0.4) is 0 Å². The Bertz CT molecular complexity index is 1200. The molecule has 1 saturated heterocycles. The quantitative estimate of drug-likeness (QED) is 0.425. The number of halogens is 2. The van der Waals surface area contributed by atoms with Gasteiger partial charge in [-0.2, -0.15) is 0 Å². The number of amides is 2. The van der Waals surface area contributed by atoms with E-state index in [1.54, 1.807) is 48.5 Å². The molecule has 7 heteroatoms. The molecule has 1 aliphatic rings. The lowest BCUT2D eigenvalue weighted by Crippen LogP contribution is -2.47. The van der Waals surface area contributed by atoms with Gasteiger partial charge in [-0.1, -0.05) is 60.5 Å². The highest BCUT2D eigenvalue weighted by molar-refractivity contribution is 6.31. The number of piperidine rings is 1. The van der Waals surface area contributed by atoms with Crippen molar-refractivity contribution in [2.24, 2.45) is 5.92 Å². The van der Waals surface area contributed by atoms with Crippen LogP contribution in [0.2, 0.25) is 10.0 Å². The Hall–Kier alpha value is -3.02. The van der Waals surface area contributed by atoms with Crippen molar-refractivity contribution in [3.05, 3.63) is 93.5 Å². The van der Waals surface area contributed by atoms with Crippen LogP contribution in [-0.4, -0.2) is 16.9 Å². The number of aryl methyl sites for hydroxylation is 1. The summed E-state index contributed by atoms with van der Waals surface area (Å²) in [6, 6.07) is 18.7. The van der Waals surface area contributed by atoms with E-state index in [1.165, 1.54) is 0 Å². The van der Waals surface area contributed by atoms with E-state index in [4.69, 9.17) is 23.2 Å². The fourth-order valence-electron chi connectivity index (χ4n) is 4.41. The molecule has 0 bridgehead atoms. The van der Waals surface area contributed by atoms with Gasteiger partial charge in [0.15, 0.2) is 0 Å². The maximum atomic E-state index is 13.7. The zero-order chi connectivity index (χ0) is 23.5. The maximum absolute atomic E-state index is 13.7. The van der Waals surface area contributed by atoms with Gasteiger partial charge in [0.1, 0.15) is 5.75 Å². The molecule has 0 aliphatic carbocycles. The molecule has 0 radical (unpaired) electrons. The highest BCUT2D eigenvalue weighted by atomic mass is 35.5. The molecule has 3 aromatic rings. The normalized spacial score (nSPS) is 20.2. The van der Waals surface area contributed by atoms with Crippen molar-refractivity contribution in [3.63, 3.8) is 0 Å². The second-order valence-corrected chi connectivity index (χ2v) is 9.06. The molecule has 3 N–H and O–H groups in total. The number of anilines is 1. The molecule has 1 aliphatic heterocycles. The van der Waals surface area contributed by atoms with Gasteiger partial charge in [-0.3, -0.25) is 9.59 Å². The minimum atomic E-state index is -0.721. The summed E-state index contributed by atoms with van der Waals surface area (Å²) in [5.41, 5.74) is 2.86. The van der Waals surface area contributed by atoms with Crippen LogP contribution in [0.25, 0.3) is 0 Å². The second kappa shape index (κ2) is 9.86. The third kappa shape index (κ3) is 5.15. The van der Waals surface area contributed by atoms with Crippen molar-refractivity contribution < 1.29 is 14.7 Å². The largest absolute Gasteiger partial charge is 0.508 e. The lowest BCUT2D eigenvalue weighted by Gasteiger charge is -2.38. The second-order valence-electron chi connectivity index (χ2n) is 8.18. The van der Waals surface area contributed by atoms with E-state index in [0.717, 1.165) is 17.5 Å². The van der Waals surface area contributed by atoms with E-state index < -0.39 is 17.9 Å². The molecule has 1 heterocycles. The lowest BCUT2D eigenvalue weighted by molar-refractivity contribution is -0.129. The third-order valence-electron chi connectivity index (χ3n) is 6.02. The zero-order valence-corrected chi connectivity index (χ0v) is 19.5. The first kappa shape index (κ1) is 23.1. The van der Waals surface area contributed by atoms with Gasteiger partial charge in [0.05, 0.1) is 12.0 Å². The van der Waals surface area contributed by atoms with Crippen molar-refractivity contribution >= 4 is 40.7 Å². The van der Waals surface area contributed by atoms with Gasteiger partial charge < -0.3 is 15.7 Å². The number of hydrogen-bond donors (Lipinski definition) is 3. The summed E-state index contributed by atoms with van der Waals surface area (Å²) >= 11 is 12.3. The molecule has 2 amide bonds. The Morgan fingerprint density at radius 3 is 2.48 bits per heavy atom. The molecule has 0 spiro atoms. The fraction of sp³-hybridized carbons (Fsp3) is 0.231. The van der Waals surface area contributed by atoms with Gasteiger partial charge in [0.25, 0.3) is 0 Å². The van der Waals surface area contributed by atoms with Crippen molar-refractivity contribution in [1.29, 1.82) is 0 Å². The van der Waals surface area contributed by atoms with E-state index in [0.29, 0.717) is 21.3 Å². The Morgan fingerprint density at radius 1 is 1.06 bits per heavy atom. The number of rotatable bonds is 5. The summed E-state index contributed by atoms with van der Waals surface area (Å²) in [6.07, 6.45) is 0.879. The molecule has 33 heavy (non-hydrogen) atoms. The SMILES string of the molecule is CCc1ccc(O)c([C@H]2NC(=O)C[C@@H](c3cccc(Cl)c3)C2C(=O)Nc2cccc(Cl)c2)c1. The van der Waals surface area contributed by atoms with Crippen LogP contribution in [-0.2, 0) is 16.0 Å². The van der Waals surface area contributed by atoms with E-state index >= 15 is 0 Å². The summed E-state index contributed by atoms with van der Waals surface area (Å²) in [7, 11) is 0. The predicted octanol–water partition coefficient (Wildman–Crippen LogP) is 5.86. The fourth-order valence-corrected chi connectivity index (χ4v) is 4.80. The summed E-state index contributed by atoms with van der Waals surface area (Å²) < 4.78 is 0. The Morgan fingerprint density at radius 2 is 1.79 bits per heavy atom. The zero-order valence-electron chi connectivity index (χ0n) is 18.0. The average molecular weight is 483 g/mol. The number of carbonyl (C=O) groups is 2. The van der Waals surface area contributed by atoms with E-state index in [9.17, 15) is 14.7 Å². The highest BCUT2D eigenvalue weighted by Gasteiger charge is 2.44. The lowest BCUT2D eigenvalue weighted by atomic mass is 9.73. The standard InChI is InChI=1S/C26H24Cl2N2O3/c1-2-15-9-10-22(31)21(11-15)25-24(26(33)29-19-8-4-7-18(28)13-19)20(14-23(32)30-25)16-5-3-6-17(27)12-16/h3-13,20,24-25,31H,2,14H2,1H3,(H,29,33)(H,30,32)/t20-,24?,25+/m0/s1. The smallest absolute Gasteiger partial charge is 0.230 e. The van der Waals surface area contributed by atoms with E-state index in [2.05, 4.69) is 10.6 Å². The van der Waals surface area contributed by atoms with Crippen molar-refractivity contribution in [3.8, 4) is 5.75 Å². The van der Waals surface area contributed by atoms with Crippen LogP contribution in [0.5, 0.6) is 5.75 Å². The molecule has 1 unspecified atom stereocenters. The molecule has 3 aromatic carbocycles. The molecular formula is C26H24Cl2N2O3. The van der Waals surface area contributed by atoms with Crippen LogP contribution in [0.15, 0.2) is 66.7 Å². The first-order valence-corrected chi connectivity index (χ1v) is 11.5. The van der Waals surface area contributed by atoms with Gasteiger partial charge in [-0.05, 0) is 53.9 Å². The van der Waals surface area contributed by atoms with Gasteiger partial charge in [0, 0.05) is 33.6 Å². The summed E-state index contributed by atoms with van der Waals surface area (Å²) in [5, 5.41) is 17.6. The van der Waals surface area contributed by atoms with Crippen molar-refractivity contribution in [2.45, 2.75) is 31.7 Å². The number of carbonyl (C=O) groups excluding carboxylic acids is 2. The molecule has 1 fully saturated rings. The molecule has 4 rings (SSSR count). The van der Waals surface area contributed by atoms with E-state index in [-0.39, 0.29) is 24.0 Å². The summed E-state index contributed by atoms with van der Waals surface area (Å²) in [6.45, 7) is 2.01. The summed E-state index contributed by atoms with van der Waals surface area (Å²) in [4.78, 5) is 26.5. The maximum Gasteiger partial charge on any atom is 0.230 e. The number of aromatic hydroxyl groups is 1. The number of phenolic OH excluding ortho intramolecular Hbond substituents is 1. The van der Waals surface area contributed by atoms with Crippen molar-refractivity contribution in [1.82, 2.24) is 5.32 Å².